The van der Waals surface area contributed by atoms with Crippen LogP contribution in [0.4, 0.5) is 0 Å². The van der Waals surface area contributed by atoms with Gasteiger partial charge in [-0.3, -0.25) is 9.59 Å². The molecule has 3 atom stereocenters. The Hall–Kier alpha value is -2.27. The molecule has 0 radical (unpaired) electrons. The van der Waals surface area contributed by atoms with Crippen LogP contribution in [-0.2, 0) is 4.79 Å². The molecule has 178 valence electrons. The van der Waals surface area contributed by atoms with Gasteiger partial charge in [0.15, 0.2) is 0 Å². The zero-order chi connectivity index (χ0) is 23.8. The summed E-state index contributed by atoms with van der Waals surface area (Å²) in [5.74, 6) is 0.243. The number of fused-ring (bicyclic) bond motifs is 1. The Labute approximate surface area is 201 Å². The number of nitrogens with zero attached hydrogens (tertiary/aromatic N) is 1. The van der Waals surface area contributed by atoms with Crippen LogP contribution in [-0.4, -0.2) is 46.2 Å². The van der Waals surface area contributed by atoms with Crippen molar-refractivity contribution in [2.45, 2.75) is 64.8 Å². The molecule has 1 aromatic carbocycles. The van der Waals surface area contributed by atoms with E-state index in [0.717, 1.165) is 43.1 Å². The van der Waals surface area contributed by atoms with Crippen molar-refractivity contribution in [1.29, 1.82) is 0 Å². The molecule has 1 saturated heterocycles. The predicted octanol–water partition coefficient (Wildman–Crippen LogP) is 5.51. The second-order valence-corrected chi connectivity index (χ2v) is 11.3. The maximum absolute atomic E-state index is 13.6. The second-order valence-electron chi connectivity index (χ2n) is 10.7. The SMILES string of the molecule is CC(C)[C@@H](NC(=O)c1cc2ccccc2[nH]1)C(=O)N1CC[C@H](C2=CCC(Cl)CC2)C(C)(C)C1. The minimum Gasteiger partial charge on any atom is -0.351 e. The number of rotatable bonds is 5. The van der Waals surface area contributed by atoms with E-state index < -0.39 is 6.04 Å². The van der Waals surface area contributed by atoms with Gasteiger partial charge in [0.25, 0.3) is 5.91 Å². The van der Waals surface area contributed by atoms with Gasteiger partial charge in [-0.05, 0) is 55.1 Å². The smallest absolute Gasteiger partial charge is 0.268 e. The number of piperidine rings is 1. The highest BCUT2D eigenvalue weighted by Gasteiger charge is 2.41. The fraction of sp³-hybridized carbons (Fsp3) is 0.556. The molecule has 0 spiro atoms. The van der Waals surface area contributed by atoms with Crippen LogP contribution >= 0.6 is 11.6 Å². The molecule has 2 aromatic rings. The molecule has 2 aliphatic rings. The minimum absolute atomic E-state index is 0.00614. The molecule has 6 heteroatoms. The van der Waals surface area contributed by atoms with Crippen molar-refractivity contribution < 1.29 is 9.59 Å². The number of hydrogen-bond acceptors (Lipinski definition) is 2. The zero-order valence-corrected chi connectivity index (χ0v) is 20.9. The van der Waals surface area contributed by atoms with Crippen molar-refractivity contribution in [3.8, 4) is 0 Å². The van der Waals surface area contributed by atoms with E-state index in [1.54, 1.807) is 0 Å². The Kier molecular flexibility index (Phi) is 6.90. The third kappa shape index (κ3) is 5.13. The number of carbonyl (C=O) groups excluding carboxylic acids is 2. The lowest BCUT2D eigenvalue weighted by atomic mass is 9.68. The first kappa shape index (κ1) is 23.9. The Bertz CT molecular complexity index is 1020. The molecule has 1 aliphatic heterocycles. The predicted molar refractivity (Wildman–Crippen MR) is 134 cm³/mol. The highest BCUT2D eigenvalue weighted by molar-refractivity contribution is 6.20. The molecule has 1 unspecified atom stereocenters. The van der Waals surface area contributed by atoms with Gasteiger partial charge in [-0.2, -0.15) is 0 Å². The first-order valence-electron chi connectivity index (χ1n) is 12.2. The van der Waals surface area contributed by atoms with E-state index in [-0.39, 0.29) is 28.5 Å². The topological polar surface area (TPSA) is 65.2 Å². The van der Waals surface area contributed by atoms with E-state index in [1.807, 2.05) is 49.1 Å². The van der Waals surface area contributed by atoms with Crippen molar-refractivity contribution >= 4 is 34.3 Å². The fourth-order valence-electron chi connectivity index (χ4n) is 5.50. The molecular weight excluding hydrogens is 434 g/mol. The molecule has 2 heterocycles. The summed E-state index contributed by atoms with van der Waals surface area (Å²) in [7, 11) is 0. The van der Waals surface area contributed by atoms with Gasteiger partial charge in [0, 0.05) is 29.4 Å². The van der Waals surface area contributed by atoms with Crippen molar-refractivity contribution in [1.82, 2.24) is 15.2 Å². The molecule has 2 N–H and O–H groups in total. The average molecular weight is 470 g/mol. The summed E-state index contributed by atoms with van der Waals surface area (Å²) in [6, 6.07) is 9.07. The van der Waals surface area contributed by atoms with Gasteiger partial charge in [-0.1, -0.05) is 57.5 Å². The number of aromatic amines is 1. The monoisotopic (exact) mass is 469 g/mol. The molecule has 0 saturated carbocycles. The molecule has 5 nitrogen and oxygen atoms in total. The second kappa shape index (κ2) is 9.54. The minimum atomic E-state index is -0.554. The van der Waals surface area contributed by atoms with Crippen molar-refractivity contribution in [2.24, 2.45) is 17.3 Å². The maximum Gasteiger partial charge on any atom is 0.268 e. The Balaban J connectivity index is 1.45. The van der Waals surface area contributed by atoms with Crippen LogP contribution in [0.5, 0.6) is 0 Å². The van der Waals surface area contributed by atoms with Crippen LogP contribution < -0.4 is 5.32 Å². The first-order chi connectivity index (χ1) is 15.7. The van der Waals surface area contributed by atoms with Gasteiger partial charge in [-0.15, -0.1) is 11.6 Å². The van der Waals surface area contributed by atoms with Gasteiger partial charge in [0.2, 0.25) is 5.91 Å². The third-order valence-corrected chi connectivity index (χ3v) is 7.76. The number of carbonyl (C=O) groups is 2. The van der Waals surface area contributed by atoms with Crippen LogP contribution in [0.1, 0.15) is 63.9 Å². The summed E-state index contributed by atoms with van der Waals surface area (Å²) in [4.78, 5) is 31.7. The summed E-state index contributed by atoms with van der Waals surface area (Å²) in [5.41, 5.74) is 2.89. The zero-order valence-electron chi connectivity index (χ0n) is 20.2. The van der Waals surface area contributed by atoms with Gasteiger partial charge in [0.1, 0.15) is 11.7 Å². The highest BCUT2D eigenvalue weighted by atomic mass is 35.5. The van der Waals surface area contributed by atoms with Crippen LogP contribution in [0.3, 0.4) is 0 Å². The van der Waals surface area contributed by atoms with Crippen LogP contribution in [0.15, 0.2) is 42.0 Å². The fourth-order valence-corrected chi connectivity index (χ4v) is 5.69. The third-order valence-electron chi connectivity index (χ3n) is 7.36. The largest absolute Gasteiger partial charge is 0.351 e. The van der Waals surface area contributed by atoms with Crippen LogP contribution in [0.25, 0.3) is 10.9 Å². The lowest BCUT2D eigenvalue weighted by Crippen LogP contribution is -2.56. The molecule has 2 amide bonds. The Morgan fingerprint density at radius 3 is 2.61 bits per heavy atom. The number of nitrogens with one attached hydrogen (secondary N) is 2. The van der Waals surface area contributed by atoms with Crippen molar-refractivity contribution in [3.05, 3.63) is 47.7 Å². The lowest BCUT2D eigenvalue weighted by molar-refractivity contribution is -0.138. The molecule has 1 aromatic heterocycles. The number of aromatic nitrogens is 1. The number of allylic oxidation sites excluding steroid dienone is 2. The summed E-state index contributed by atoms with van der Waals surface area (Å²) < 4.78 is 0. The number of alkyl halides is 1. The number of halogens is 1. The number of para-hydroxylation sites is 1. The van der Waals surface area contributed by atoms with E-state index in [2.05, 4.69) is 30.2 Å². The number of hydrogen-bond donors (Lipinski definition) is 2. The Morgan fingerprint density at radius 2 is 1.97 bits per heavy atom. The standard InChI is InChI=1S/C27H36ClN3O2/c1-17(2)24(30-25(32)23-15-19-7-5-6-8-22(19)29-23)26(33)31-14-13-21(27(3,4)16-31)18-9-11-20(28)12-10-18/h5-9,15,17,20-21,24,29H,10-14,16H2,1-4H3,(H,30,32)/t20?,21-,24-/m1/s1. The molecular formula is C27H36ClN3O2. The van der Waals surface area contributed by atoms with E-state index in [1.165, 1.54) is 5.57 Å². The number of H-pyrrole nitrogens is 1. The summed E-state index contributed by atoms with van der Waals surface area (Å²) in [6.07, 6.45) is 6.34. The van der Waals surface area contributed by atoms with Crippen molar-refractivity contribution in [3.63, 3.8) is 0 Å². The van der Waals surface area contributed by atoms with E-state index in [9.17, 15) is 9.59 Å². The summed E-state index contributed by atoms with van der Waals surface area (Å²) in [5, 5.41) is 4.25. The quantitative estimate of drug-likeness (QED) is 0.447. The van der Waals surface area contributed by atoms with E-state index >= 15 is 0 Å². The van der Waals surface area contributed by atoms with Gasteiger partial charge in [-0.25, -0.2) is 0 Å². The maximum atomic E-state index is 13.6. The lowest BCUT2D eigenvalue weighted by Gasteiger charge is -2.47. The normalized spacial score (nSPS) is 23.9. The first-order valence-corrected chi connectivity index (χ1v) is 12.6. The molecule has 33 heavy (non-hydrogen) atoms. The van der Waals surface area contributed by atoms with Crippen LogP contribution in [0, 0.1) is 17.3 Å². The Morgan fingerprint density at radius 1 is 1.21 bits per heavy atom. The highest BCUT2D eigenvalue weighted by Crippen LogP contribution is 2.43. The van der Waals surface area contributed by atoms with E-state index in [0.29, 0.717) is 18.2 Å². The van der Waals surface area contributed by atoms with E-state index in [4.69, 9.17) is 11.6 Å². The van der Waals surface area contributed by atoms with Crippen LogP contribution in [0.2, 0.25) is 0 Å². The number of benzene rings is 1. The number of amides is 2. The average Bonchev–Trinajstić information content (AvgIpc) is 3.21. The van der Waals surface area contributed by atoms with Gasteiger partial charge >= 0.3 is 0 Å². The molecule has 1 aliphatic carbocycles. The molecule has 0 bridgehead atoms. The van der Waals surface area contributed by atoms with Crippen molar-refractivity contribution in [2.75, 3.05) is 13.1 Å². The molecule has 1 fully saturated rings. The summed E-state index contributed by atoms with van der Waals surface area (Å²) in [6.45, 7) is 9.92. The summed E-state index contributed by atoms with van der Waals surface area (Å²) >= 11 is 6.30. The molecule has 4 rings (SSSR count). The van der Waals surface area contributed by atoms with Gasteiger partial charge in [0.05, 0.1) is 0 Å². The van der Waals surface area contributed by atoms with Gasteiger partial charge < -0.3 is 15.2 Å². The number of likely N-dealkylation sites (tertiary alicyclic amines) is 1.